The summed E-state index contributed by atoms with van der Waals surface area (Å²) in [5.74, 6) is 0.682. The van der Waals surface area contributed by atoms with Gasteiger partial charge in [-0.3, -0.25) is 4.79 Å². The first kappa shape index (κ1) is 17.5. The fourth-order valence-electron chi connectivity index (χ4n) is 1.88. The first-order valence-corrected chi connectivity index (χ1v) is 7.64. The van der Waals surface area contributed by atoms with Crippen LogP contribution in [0.1, 0.15) is 51.2 Å². The molecule has 1 aromatic rings. The smallest absolute Gasteiger partial charge is 0.239 e. The SMILES string of the molecule is CCCCCOc1cc(C)ccc1CNC(=O)C(C)(C)N. The number of nitrogens with two attached hydrogens (primary N) is 1. The summed E-state index contributed by atoms with van der Waals surface area (Å²) < 4.78 is 5.86. The van der Waals surface area contributed by atoms with E-state index in [1.807, 2.05) is 25.1 Å². The molecule has 1 aromatic carbocycles. The van der Waals surface area contributed by atoms with Crippen LogP contribution in [0.4, 0.5) is 0 Å². The topological polar surface area (TPSA) is 64.3 Å². The Kier molecular flexibility index (Phi) is 6.69. The van der Waals surface area contributed by atoms with Crippen molar-refractivity contribution in [2.24, 2.45) is 5.73 Å². The van der Waals surface area contributed by atoms with E-state index in [9.17, 15) is 4.79 Å². The van der Waals surface area contributed by atoms with E-state index in [4.69, 9.17) is 10.5 Å². The number of carbonyl (C=O) groups is 1. The highest BCUT2D eigenvalue weighted by atomic mass is 16.5. The summed E-state index contributed by atoms with van der Waals surface area (Å²) >= 11 is 0. The van der Waals surface area contributed by atoms with Crippen molar-refractivity contribution in [3.05, 3.63) is 29.3 Å². The van der Waals surface area contributed by atoms with E-state index in [2.05, 4.69) is 12.2 Å². The molecular formula is C17H28N2O2. The van der Waals surface area contributed by atoms with Crippen molar-refractivity contribution >= 4 is 5.91 Å². The second-order valence-corrected chi connectivity index (χ2v) is 6.07. The van der Waals surface area contributed by atoms with E-state index in [0.29, 0.717) is 13.2 Å². The number of amides is 1. The lowest BCUT2D eigenvalue weighted by molar-refractivity contribution is -0.125. The quantitative estimate of drug-likeness (QED) is 0.724. The fourth-order valence-corrected chi connectivity index (χ4v) is 1.88. The third kappa shape index (κ3) is 6.17. The van der Waals surface area contributed by atoms with E-state index in [1.54, 1.807) is 13.8 Å². The molecule has 118 valence electrons. The first-order valence-electron chi connectivity index (χ1n) is 7.64. The predicted molar refractivity (Wildman–Crippen MR) is 86.3 cm³/mol. The van der Waals surface area contributed by atoms with Gasteiger partial charge in [0, 0.05) is 12.1 Å². The fraction of sp³-hybridized carbons (Fsp3) is 0.588. The van der Waals surface area contributed by atoms with Crippen LogP contribution in [0.15, 0.2) is 18.2 Å². The van der Waals surface area contributed by atoms with Gasteiger partial charge >= 0.3 is 0 Å². The van der Waals surface area contributed by atoms with Crippen LogP contribution in [0.3, 0.4) is 0 Å². The largest absolute Gasteiger partial charge is 0.493 e. The van der Waals surface area contributed by atoms with Gasteiger partial charge in [0.25, 0.3) is 0 Å². The molecule has 0 aliphatic carbocycles. The number of benzene rings is 1. The molecule has 4 heteroatoms. The van der Waals surface area contributed by atoms with Crippen LogP contribution < -0.4 is 15.8 Å². The molecule has 0 unspecified atom stereocenters. The summed E-state index contributed by atoms with van der Waals surface area (Å²) in [6.45, 7) is 8.73. The molecule has 1 amide bonds. The van der Waals surface area contributed by atoms with Gasteiger partial charge in [0.15, 0.2) is 0 Å². The zero-order valence-corrected chi connectivity index (χ0v) is 13.7. The molecule has 0 atom stereocenters. The molecule has 4 nitrogen and oxygen atoms in total. The minimum absolute atomic E-state index is 0.167. The average molecular weight is 292 g/mol. The summed E-state index contributed by atoms with van der Waals surface area (Å²) in [7, 11) is 0. The van der Waals surface area contributed by atoms with Gasteiger partial charge in [-0.05, 0) is 38.8 Å². The Labute approximate surface area is 128 Å². The highest BCUT2D eigenvalue weighted by Gasteiger charge is 2.21. The van der Waals surface area contributed by atoms with Crippen LogP contribution in [0.25, 0.3) is 0 Å². The molecule has 0 radical (unpaired) electrons. The lowest BCUT2D eigenvalue weighted by Gasteiger charge is -2.19. The number of unbranched alkanes of at least 4 members (excludes halogenated alkanes) is 2. The molecule has 0 saturated heterocycles. The van der Waals surface area contributed by atoms with E-state index in [-0.39, 0.29) is 5.91 Å². The molecule has 0 bridgehead atoms. The Hall–Kier alpha value is -1.55. The molecular weight excluding hydrogens is 264 g/mol. The van der Waals surface area contributed by atoms with Gasteiger partial charge in [-0.25, -0.2) is 0 Å². The van der Waals surface area contributed by atoms with Gasteiger partial charge in [-0.15, -0.1) is 0 Å². The highest BCUT2D eigenvalue weighted by Crippen LogP contribution is 2.21. The maximum Gasteiger partial charge on any atom is 0.239 e. The lowest BCUT2D eigenvalue weighted by Crippen LogP contribution is -2.48. The molecule has 1 rings (SSSR count). The first-order chi connectivity index (χ1) is 9.84. The predicted octanol–water partition coefficient (Wildman–Crippen LogP) is 2.92. The number of aryl methyl sites for hydroxylation is 1. The van der Waals surface area contributed by atoms with Crippen molar-refractivity contribution in [3.8, 4) is 5.75 Å². The third-order valence-electron chi connectivity index (χ3n) is 3.25. The van der Waals surface area contributed by atoms with Gasteiger partial charge in [-0.1, -0.05) is 31.9 Å². The zero-order chi connectivity index (χ0) is 15.9. The Morgan fingerprint density at radius 2 is 2.05 bits per heavy atom. The highest BCUT2D eigenvalue weighted by molar-refractivity contribution is 5.85. The van der Waals surface area contributed by atoms with Crippen LogP contribution in [-0.4, -0.2) is 18.1 Å². The number of rotatable bonds is 8. The zero-order valence-electron chi connectivity index (χ0n) is 13.7. The van der Waals surface area contributed by atoms with Crippen LogP contribution >= 0.6 is 0 Å². The van der Waals surface area contributed by atoms with E-state index < -0.39 is 5.54 Å². The number of hydrogen-bond donors (Lipinski definition) is 2. The van der Waals surface area contributed by atoms with Crippen LogP contribution in [-0.2, 0) is 11.3 Å². The van der Waals surface area contributed by atoms with Gasteiger partial charge in [0.2, 0.25) is 5.91 Å². The summed E-state index contributed by atoms with van der Waals surface area (Å²) in [5, 5.41) is 2.86. The standard InChI is InChI=1S/C17H28N2O2/c1-5-6-7-10-21-15-11-13(2)8-9-14(15)12-19-16(20)17(3,4)18/h8-9,11H,5-7,10,12,18H2,1-4H3,(H,19,20). The Bertz CT molecular complexity index is 464. The lowest BCUT2D eigenvalue weighted by atomic mass is 10.1. The maximum atomic E-state index is 11.8. The van der Waals surface area contributed by atoms with Crippen molar-refractivity contribution in [3.63, 3.8) is 0 Å². The maximum absolute atomic E-state index is 11.8. The molecule has 0 saturated carbocycles. The van der Waals surface area contributed by atoms with Crippen molar-refractivity contribution in [2.75, 3.05) is 6.61 Å². The Morgan fingerprint density at radius 1 is 1.33 bits per heavy atom. The summed E-state index contributed by atoms with van der Waals surface area (Å²) in [5.41, 5.74) is 7.04. The van der Waals surface area contributed by atoms with Crippen molar-refractivity contribution < 1.29 is 9.53 Å². The molecule has 0 aromatic heterocycles. The van der Waals surface area contributed by atoms with Crippen molar-refractivity contribution in [1.29, 1.82) is 0 Å². The molecule has 21 heavy (non-hydrogen) atoms. The number of carbonyl (C=O) groups excluding carboxylic acids is 1. The Balaban J connectivity index is 2.66. The molecule has 0 heterocycles. The normalized spacial score (nSPS) is 11.3. The van der Waals surface area contributed by atoms with Crippen LogP contribution in [0.5, 0.6) is 5.75 Å². The molecule has 0 fully saturated rings. The van der Waals surface area contributed by atoms with Gasteiger partial charge in [0.05, 0.1) is 12.1 Å². The van der Waals surface area contributed by atoms with E-state index >= 15 is 0 Å². The summed E-state index contributed by atoms with van der Waals surface area (Å²) in [4.78, 5) is 11.8. The van der Waals surface area contributed by atoms with E-state index in [1.165, 1.54) is 12.8 Å². The number of hydrogen-bond acceptors (Lipinski definition) is 3. The molecule has 3 N–H and O–H groups in total. The van der Waals surface area contributed by atoms with Crippen molar-refractivity contribution in [1.82, 2.24) is 5.32 Å². The number of nitrogens with one attached hydrogen (secondary N) is 1. The molecule has 0 aliphatic rings. The van der Waals surface area contributed by atoms with Crippen molar-refractivity contribution in [2.45, 2.75) is 59.0 Å². The third-order valence-corrected chi connectivity index (χ3v) is 3.25. The second-order valence-electron chi connectivity index (χ2n) is 6.07. The molecule has 0 spiro atoms. The van der Waals surface area contributed by atoms with Gasteiger partial charge in [0.1, 0.15) is 5.75 Å². The summed E-state index contributed by atoms with van der Waals surface area (Å²) in [6.07, 6.45) is 3.39. The minimum Gasteiger partial charge on any atom is -0.493 e. The second kappa shape index (κ2) is 8.03. The average Bonchev–Trinajstić information content (AvgIpc) is 2.41. The van der Waals surface area contributed by atoms with Crippen LogP contribution in [0.2, 0.25) is 0 Å². The summed E-state index contributed by atoms with van der Waals surface area (Å²) in [6, 6.07) is 6.03. The monoisotopic (exact) mass is 292 g/mol. The number of ether oxygens (including phenoxy) is 1. The van der Waals surface area contributed by atoms with Gasteiger partial charge < -0.3 is 15.8 Å². The van der Waals surface area contributed by atoms with Gasteiger partial charge in [-0.2, -0.15) is 0 Å². The Morgan fingerprint density at radius 3 is 2.67 bits per heavy atom. The molecule has 0 aliphatic heterocycles. The van der Waals surface area contributed by atoms with Crippen LogP contribution in [0, 0.1) is 6.92 Å². The van der Waals surface area contributed by atoms with E-state index in [0.717, 1.165) is 23.3 Å². The minimum atomic E-state index is -0.868.